The molecule has 0 saturated carbocycles. The Hall–Kier alpha value is -3.98. The largest absolute Gasteiger partial charge is 0.275 e. The fourth-order valence-electron chi connectivity index (χ4n) is 3.63. The van der Waals surface area contributed by atoms with Crippen LogP contribution in [0, 0.1) is 11.3 Å². The van der Waals surface area contributed by atoms with E-state index >= 15 is 0 Å². The number of aromatic nitrogens is 5. The van der Waals surface area contributed by atoms with Gasteiger partial charge in [0.25, 0.3) is 0 Å². The summed E-state index contributed by atoms with van der Waals surface area (Å²) < 4.78 is 3.64. The van der Waals surface area contributed by atoms with Gasteiger partial charge in [0, 0.05) is 42.2 Å². The SMILES string of the molecule is Cn1cc2cc(-c3ncc4c(cnn4C)c3-c3ccc(C#N)cc3)ccc2n1. The summed E-state index contributed by atoms with van der Waals surface area (Å²) in [4.78, 5) is 4.79. The summed E-state index contributed by atoms with van der Waals surface area (Å²) >= 11 is 0. The second-order valence-electron chi connectivity index (χ2n) is 6.81. The second kappa shape index (κ2) is 6.03. The highest BCUT2D eigenvalue weighted by atomic mass is 15.3. The lowest BCUT2D eigenvalue weighted by Gasteiger charge is -2.11. The van der Waals surface area contributed by atoms with E-state index in [4.69, 9.17) is 10.2 Å². The van der Waals surface area contributed by atoms with Crippen molar-refractivity contribution in [2.45, 2.75) is 0 Å². The van der Waals surface area contributed by atoms with E-state index in [9.17, 15) is 0 Å². The molecular formula is C22H16N6. The van der Waals surface area contributed by atoms with Gasteiger partial charge in [0.2, 0.25) is 0 Å². The Morgan fingerprint density at radius 3 is 2.54 bits per heavy atom. The molecule has 5 aromatic rings. The van der Waals surface area contributed by atoms with Crippen LogP contribution in [0.25, 0.3) is 44.2 Å². The highest BCUT2D eigenvalue weighted by Gasteiger charge is 2.16. The van der Waals surface area contributed by atoms with Gasteiger partial charge in [-0.1, -0.05) is 18.2 Å². The first kappa shape index (κ1) is 16.2. The zero-order valence-electron chi connectivity index (χ0n) is 15.5. The first-order valence-electron chi connectivity index (χ1n) is 8.89. The number of nitriles is 1. The van der Waals surface area contributed by atoms with E-state index in [1.54, 1.807) is 0 Å². The van der Waals surface area contributed by atoms with Gasteiger partial charge in [-0.15, -0.1) is 0 Å². The second-order valence-corrected chi connectivity index (χ2v) is 6.81. The summed E-state index contributed by atoms with van der Waals surface area (Å²) in [6.45, 7) is 0. The molecule has 0 radical (unpaired) electrons. The van der Waals surface area contributed by atoms with Gasteiger partial charge < -0.3 is 0 Å². The highest BCUT2D eigenvalue weighted by Crippen LogP contribution is 2.37. The van der Waals surface area contributed by atoms with Gasteiger partial charge >= 0.3 is 0 Å². The van der Waals surface area contributed by atoms with Crippen molar-refractivity contribution >= 4 is 21.8 Å². The Morgan fingerprint density at radius 1 is 0.964 bits per heavy atom. The molecule has 134 valence electrons. The van der Waals surface area contributed by atoms with Gasteiger partial charge in [-0.2, -0.15) is 15.5 Å². The first-order chi connectivity index (χ1) is 13.6. The molecule has 0 aliphatic carbocycles. The number of benzene rings is 2. The quantitative estimate of drug-likeness (QED) is 0.473. The van der Waals surface area contributed by atoms with Gasteiger partial charge in [0.1, 0.15) is 0 Å². The van der Waals surface area contributed by atoms with E-state index in [0.717, 1.165) is 44.2 Å². The van der Waals surface area contributed by atoms with Crippen LogP contribution in [0.5, 0.6) is 0 Å². The molecule has 6 nitrogen and oxygen atoms in total. The molecule has 0 saturated heterocycles. The summed E-state index contributed by atoms with van der Waals surface area (Å²) in [6, 6.07) is 15.9. The molecule has 2 aromatic carbocycles. The molecule has 0 spiro atoms. The third-order valence-corrected chi connectivity index (χ3v) is 5.00. The molecule has 0 aliphatic heterocycles. The van der Waals surface area contributed by atoms with Crippen LogP contribution in [0.1, 0.15) is 5.56 Å². The van der Waals surface area contributed by atoms with Crippen molar-refractivity contribution in [2.24, 2.45) is 14.1 Å². The van der Waals surface area contributed by atoms with Crippen LogP contribution in [-0.2, 0) is 14.1 Å². The lowest BCUT2D eigenvalue weighted by atomic mass is 9.95. The van der Waals surface area contributed by atoms with Gasteiger partial charge in [-0.05, 0) is 29.8 Å². The van der Waals surface area contributed by atoms with Crippen LogP contribution in [-0.4, -0.2) is 24.5 Å². The molecule has 0 fully saturated rings. The van der Waals surface area contributed by atoms with Crippen LogP contribution in [0.3, 0.4) is 0 Å². The molecule has 0 atom stereocenters. The zero-order chi connectivity index (χ0) is 19.3. The Morgan fingerprint density at radius 2 is 1.75 bits per heavy atom. The number of nitrogens with zero attached hydrogens (tertiary/aromatic N) is 6. The average Bonchev–Trinajstić information content (AvgIpc) is 3.28. The fraction of sp³-hybridized carbons (Fsp3) is 0.0909. The summed E-state index contributed by atoms with van der Waals surface area (Å²) in [7, 11) is 3.83. The van der Waals surface area contributed by atoms with Crippen molar-refractivity contribution in [2.75, 3.05) is 0 Å². The minimum Gasteiger partial charge on any atom is -0.275 e. The van der Waals surface area contributed by atoms with Crippen LogP contribution in [0.4, 0.5) is 0 Å². The van der Waals surface area contributed by atoms with E-state index in [2.05, 4.69) is 22.3 Å². The molecule has 5 rings (SSSR count). The van der Waals surface area contributed by atoms with E-state index in [-0.39, 0.29) is 0 Å². The Bertz CT molecular complexity index is 1380. The lowest BCUT2D eigenvalue weighted by molar-refractivity contribution is 0.780. The van der Waals surface area contributed by atoms with Gasteiger partial charge in [0.15, 0.2) is 0 Å². The zero-order valence-corrected chi connectivity index (χ0v) is 15.5. The van der Waals surface area contributed by atoms with E-state index in [1.807, 2.05) is 78.4 Å². The van der Waals surface area contributed by atoms with Crippen molar-refractivity contribution in [1.29, 1.82) is 5.26 Å². The van der Waals surface area contributed by atoms with Crippen molar-refractivity contribution in [3.63, 3.8) is 0 Å². The topological polar surface area (TPSA) is 72.3 Å². The Balaban J connectivity index is 1.80. The predicted molar refractivity (Wildman–Crippen MR) is 108 cm³/mol. The molecular weight excluding hydrogens is 348 g/mol. The maximum absolute atomic E-state index is 9.13. The summed E-state index contributed by atoms with van der Waals surface area (Å²) in [6.07, 6.45) is 5.73. The summed E-state index contributed by atoms with van der Waals surface area (Å²) in [5, 5.41) is 20.1. The van der Waals surface area contributed by atoms with Gasteiger partial charge in [0.05, 0.1) is 40.8 Å². The first-order valence-corrected chi connectivity index (χ1v) is 8.89. The minimum absolute atomic E-state index is 0.633. The van der Waals surface area contributed by atoms with Crippen LogP contribution in [0.2, 0.25) is 0 Å². The molecule has 6 heteroatoms. The average molecular weight is 364 g/mol. The molecule has 0 amide bonds. The molecule has 0 aliphatic rings. The van der Waals surface area contributed by atoms with E-state index in [0.29, 0.717) is 5.56 Å². The van der Waals surface area contributed by atoms with Crippen molar-refractivity contribution in [3.05, 3.63) is 66.6 Å². The molecule has 0 unspecified atom stereocenters. The maximum atomic E-state index is 9.13. The lowest BCUT2D eigenvalue weighted by Crippen LogP contribution is -1.94. The number of rotatable bonds is 2. The number of aryl methyl sites for hydroxylation is 2. The summed E-state index contributed by atoms with van der Waals surface area (Å²) in [5.41, 5.74) is 6.47. The molecule has 0 N–H and O–H groups in total. The number of hydrogen-bond acceptors (Lipinski definition) is 4. The number of pyridine rings is 1. The highest BCUT2D eigenvalue weighted by molar-refractivity contribution is 6.01. The summed E-state index contributed by atoms with van der Waals surface area (Å²) in [5.74, 6) is 0. The minimum atomic E-state index is 0.633. The standard InChI is InChI=1S/C22H16N6/c1-27-13-17-9-16(7-8-19(17)26-27)22-21(15-5-3-14(10-23)4-6-15)18-11-25-28(2)20(18)12-24-22/h3-9,11-13H,1-2H3. The van der Waals surface area contributed by atoms with E-state index in [1.165, 1.54) is 0 Å². The monoisotopic (exact) mass is 364 g/mol. The molecule has 3 aromatic heterocycles. The van der Waals surface area contributed by atoms with E-state index < -0.39 is 0 Å². The van der Waals surface area contributed by atoms with Gasteiger partial charge in [-0.3, -0.25) is 14.3 Å². The molecule has 3 heterocycles. The van der Waals surface area contributed by atoms with Crippen molar-refractivity contribution < 1.29 is 0 Å². The van der Waals surface area contributed by atoms with Crippen LogP contribution < -0.4 is 0 Å². The number of hydrogen-bond donors (Lipinski definition) is 0. The van der Waals surface area contributed by atoms with Crippen molar-refractivity contribution in [1.82, 2.24) is 24.5 Å². The molecule has 28 heavy (non-hydrogen) atoms. The maximum Gasteiger partial charge on any atom is 0.0991 e. The fourth-order valence-corrected chi connectivity index (χ4v) is 3.63. The van der Waals surface area contributed by atoms with Crippen LogP contribution >= 0.6 is 0 Å². The smallest absolute Gasteiger partial charge is 0.0991 e. The van der Waals surface area contributed by atoms with Gasteiger partial charge in [-0.25, -0.2) is 0 Å². The number of fused-ring (bicyclic) bond motifs is 2. The van der Waals surface area contributed by atoms with Crippen molar-refractivity contribution in [3.8, 4) is 28.5 Å². The van der Waals surface area contributed by atoms with Crippen LogP contribution in [0.15, 0.2) is 61.1 Å². The Kier molecular flexibility index (Phi) is 3.49. The molecule has 0 bridgehead atoms. The normalized spacial score (nSPS) is 11.2. The Labute approximate surface area is 161 Å². The third kappa shape index (κ3) is 2.45. The predicted octanol–water partition coefficient (Wildman–Crippen LogP) is 4.06. The third-order valence-electron chi connectivity index (χ3n) is 5.00.